The molecule has 104 valence electrons. The monoisotopic (exact) mass is 282 g/mol. The van der Waals surface area contributed by atoms with E-state index in [2.05, 4.69) is 5.10 Å². The maximum absolute atomic E-state index is 10.9. The molecule has 0 aromatic carbocycles. The molecule has 1 atom stereocenters. The molecule has 0 amide bonds. The van der Waals surface area contributed by atoms with Gasteiger partial charge in [0.15, 0.2) is 5.69 Å². The highest BCUT2D eigenvalue weighted by atomic mass is 32.2. The second-order valence-electron chi connectivity index (χ2n) is 5.28. The van der Waals surface area contributed by atoms with Gasteiger partial charge in [0.25, 0.3) is 0 Å². The van der Waals surface area contributed by atoms with E-state index < -0.39 is 5.97 Å². The Morgan fingerprint density at radius 1 is 1.53 bits per heavy atom. The van der Waals surface area contributed by atoms with E-state index in [9.17, 15) is 4.79 Å². The Bertz CT molecular complexity index is 463. The van der Waals surface area contributed by atoms with Gasteiger partial charge in [0.05, 0.1) is 11.6 Å². The van der Waals surface area contributed by atoms with Gasteiger partial charge in [-0.2, -0.15) is 16.9 Å². The van der Waals surface area contributed by atoms with Gasteiger partial charge >= 0.3 is 5.97 Å². The number of aromatic nitrogens is 2. The van der Waals surface area contributed by atoms with Crippen LogP contribution >= 0.6 is 11.8 Å². The van der Waals surface area contributed by atoms with Gasteiger partial charge in [-0.3, -0.25) is 4.68 Å². The topological polar surface area (TPSA) is 64.3 Å². The van der Waals surface area contributed by atoms with Crippen LogP contribution in [0.2, 0.25) is 0 Å². The van der Waals surface area contributed by atoms with Crippen LogP contribution in [-0.2, 0) is 4.74 Å². The molecule has 19 heavy (non-hydrogen) atoms. The maximum Gasteiger partial charge on any atom is 0.356 e. The van der Waals surface area contributed by atoms with Crippen molar-refractivity contribution in [3.05, 3.63) is 18.0 Å². The van der Waals surface area contributed by atoms with Crippen molar-refractivity contribution in [1.29, 1.82) is 0 Å². The SMILES string of the molecule is O=C(O)c1ccn(C2CCOC3(CCSCC3)C2)n1. The molecule has 2 saturated heterocycles. The second kappa shape index (κ2) is 5.17. The number of carbonyl (C=O) groups is 1. The van der Waals surface area contributed by atoms with E-state index in [1.807, 2.05) is 16.4 Å². The molecule has 2 aliphatic heterocycles. The summed E-state index contributed by atoms with van der Waals surface area (Å²) in [5.74, 6) is 1.35. The molecule has 3 rings (SSSR count). The smallest absolute Gasteiger partial charge is 0.356 e. The molecule has 0 saturated carbocycles. The highest BCUT2D eigenvalue weighted by molar-refractivity contribution is 7.99. The molecule has 2 aliphatic rings. The van der Waals surface area contributed by atoms with Gasteiger partial charge in [-0.05, 0) is 43.3 Å². The third-order valence-corrected chi connectivity index (χ3v) is 5.06. The fraction of sp³-hybridized carbons (Fsp3) is 0.692. The zero-order valence-electron chi connectivity index (χ0n) is 10.7. The minimum Gasteiger partial charge on any atom is -0.476 e. The van der Waals surface area contributed by atoms with Crippen LogP contribution in [0.3, 0.4) is 0 Å². The fourth-order valence-corrected chi connectivity index (χ4v) is 4.21. The number of hydrogen-bond acceptors (Lipinski definition) is 4. The Morgan fingerprint density at radius 3 is 3.00 bits per heavy atom. The van der Waals surface area contributed by atoms with Crippen LogP contribution < -0.4 is 0 Å². The Morgan fingerprint density at radius 2 is 2.32 bits per heavy atom. The number of aromatic carboxylic acids is 1. The van der Waals surface area contributed by atoms with Crippen molar-refractivity contribution in [2.45, 2.75) is 37.3 Å². The van der Waals surface area contributed by atoms with Crippen molar-refractivity contribution < 1.29 is 14.6 Å². The van der Waals surface area contributed by atoms with Crippen LogP contribution in [0.1, 0.15) is 42.2 Å². The Hall–Kier alpha value is -1.01. The van der Waals surface area contributed by atoms with Gasteiger partial charge in [-0.15, -0.1) is 0 Å². The van der Waals surface area contributed by atoms with E-state index >= 15 is 0 Å². The number of hydrogen-bond donors (Lipinski definition) is 1. The minimum atomic E-state index is -0.963. The number of ether oxygens (including phenoxy) is 1. The van der Waals surface area contributed by atoms with Crippen molar-refractivity contribution in [2.75, 3.05) is 18.1 Å². The molecular formula is C13H18N2O3S. The lowest BCUT2D eigenvalue weighted by Gasteiger charge is -2.43. The second-order valence-corrected chi connectivity index (χ2v) is 6.50. The van der Waals surface area contributed by atoms with E-state index in [1.165, 1.54) is 0 Å². The minimum absolute atomic E-state index is 0.00348. The Kier molecular flexibility index (Phi) is 3.54. The number of thioether (sulfide) groups is 1. The van der Waals surface area contributed by atoms with Gasteiger partial charge < -0.3 is 9.84 Å². The summed E-state index contributed by atoms with van der Waals surface area (Å²) >= 11 is 1.99. The molecule has 6 heteroatoms. The molecule has 0 radical (unpaired) electrons. The maximum atomic E-state index is 10.9. The molecular weight excluding hydrogens is 264 g/mol. The first kappa shape index (κ1) is 13.0. The lowest BCUT2D eigenvalue weighted by Crippen LogP contribution is -2.43. The Labute approximate surface area is 116 Å². The van der Waals surface area contributed by atoms with Crippen LogP contribution in [0.5, 0.6) is 0 Å². The fourth-order valence-electron chi connectivity index (χ4n) is 2.98. The summed E-state index contributed by atoms with van der Waals surface area (Å²) in [6.45, 7) is 0.748. The predicted octanol–water partition coefficient (Wildman–Crippen LogP) is 2.20. The molecule has 5 nitrogen and oxygen atoms in total. The van der Waals surface area contributed by atoms with Crippen molar-refractivity contribution >= 4 is 17.7 Å². The van der Waals surface area contributed by atoms with Crippen LogP contribution in [0, 0.1) is 0 Å². The lowest BCUT2D eigenvalue weighted by atomic mass is 9.85. The zero-order valence-corrected chi connectivity index (χ0v) is 11.6. The number of carboxylic acids is 1. The number of rotatable bonds is 2. The van der Waals surface area contributed by atoms with Gasteiger partial charge in [-0.25, -0.2) is 4.79 Å². The van der Waals surface area contributed by atoms with E-state index in [0.717, 1.165) is 43.8 Å². The summed E-state index contributed by atoms with van der Waals surface area (Å²) < 4.78 is 7.86. The first-order valence-corrected chi connectivity index (χ1v) is 7.84. The molecule has 1 aromatic rings. The van der Waals surface area contributed by atoms with Gasteiger partial charge in [0.2, 0.25) is 0 Å². The molecule has 1 aromatic heterocycles. The highest BCUT2D eigenvalue weighted by Gasteiger charge is 2.39. The predicted molar refractivity (Wildman–Crippen MR) is 72.7 cm³/mol. The molecule has 0 bridgehead atoms. The van der Waals surface area contributed by atoms with Crippen LogP contribution in [-0.4, -0.2) is 44.6 Å². The molecule has 3 heterocycles. The third kappa shape index (κ3) is 2.65. The van der Waals surface area contributed by atoms with Gasteiger partial charge in [0.1, 0.15) is 0 Å². The van der Waals surface area contributed by atoms with Crippen LogP contribution in [0.15, 0.2) is 12.3 Å². The van der Waals surface area contributed by atoms with E-state index in [0.29, 0.717) is 0 Å². The normalized spacial score (nSPS) is 26.4. The van der Waals surface area contributed by atoms with Crippen LogP contribution in [0.25, 0.3) is 0 Å². The Balaban J connectivity index is 1.75. The van der Waals surface area contributed by atoms with Crippen molar-refractivity contribution in [1.82, 2.24) is 9.78 Å². The molecule has 2 fully saturated rings. The van der Waals surface area contributed by atoms with E-state index in [1.54, 1.807) is 12.3 Å². The number of carboxylic acid groups (broad SMARTS) is 1. The quantitative estimate of drug-likeness (QED) is 0.901. The summed E-state index contributed by atoms with van der Waals surface area (Å²) in [6, 6.07) is 1.84. The summed E-state index contributed by atoms with van der Waals surface area (Å²) in [7, 11) is 0. The average Bonchev–Trinajstić information content (AvgIpc) is 2.89. The lowest BCUT2D eigenvalue weighted by molar-refractivity contribution is -0.100. The van der Waals surface area contributed by atoms with E-state index in [-0.39, 0.29) is 17.3 Å². The van der Waals surface area contributed by atoms with Gasteiger partial charge in [-0.1, -0.05) is 0 Å². The zero-order chi connectivity index (χ0) is 13.3. The number of nitrogens with zero attached hydrogens (tertiary/aromatic N) is 2. The summed E-state index contributed by atoms with van der Waals surface area (Å²) in [6.07, 6.45) is 5.84. The molecule has 1 N–H and O–H groups in total. The van der Waals surface area contributed by atoms with Crippen molar-refractivity contribution in [2.24, 2.45) is 0 Å². The average molecular weight is 282 g/mol. The molecule has 1 spiro atoms. The summed E-state index contributed by atoms with van der Waals surface area (Å²) in [5.41, 5.74) is 0.128. The first-order chi connectivity index (χ1) is 9.19. The summed E-state index contributed by atoms with van der Waals surface area (Å²) in [5, 5.41) is 13.1. The molecule has 1 unspecified atom stereocenters. The standard InChI is InChI=1S/C13H18N2O3S/c16-12(17)11-1-5-15(14-11)10-2-6-18-13(9-10)3-7-19-8-4-13/h1,5,10H,2-4,6-9H2,(H,16,17). The molecule has 0 aliphatic carbocycles. The first-order valence-electron chi connectivity index (χ1n) is 6.69. The van der Waals surface area contributed by atoms with Crippen molar-refractivity contribution in [3.63, 3.8) is 0 Å². The van der Waals surface area contributed by atoms with Crippen LogP contribution in [0.4, 0.5) is 0 Å². The largest absolute Gasteiger partial charge is 0.476 e. The van der Waals surface area contributed by atoms with Gasteiger partial charge in [0, 0.05) is 12.8 Å². The summed E-state index contributed by atoms with van der Waals surface area (Å²) in [4.78, 5) is 10.9. The highest BCUT2D eigenvalue weighted by Crippen LogP contribution is 2.41. The van der Waals surface area contributed by atoms with E-state index in [4.69, 9.17) is 9.84 Å². The van der Waals surface area contributed by atoms with Crippen molar-refractivity contribution in [3.8, 4) is 0 Å². The third-order valence-electron chi connectivity index (χ3n) is 4.07.